The molecule has 5 nitrogen and oxygen atoms in total. The Morgan fingerprint density at radius 2 is 2.23 bits per heavy atom. The summed E-state index contributed by atoms with van der Waals surface area (Å²) in [6.07, 6.45) is 8.57. The molecular weight excluding hydrogens is 278 g/mol. The summed E-state index contributed by atoms with van der Waals surface area (Å²) in [6.45, 7) is 0. The van der Waals surface area contributed by atoms with E-state index in [1.54, 1.807) is 7.05 Å². The van der Waals surface area contributed by atoms with E-state index in [1.807, 2.05) is 36.5 Å². The Bertz CT molecular complexity index is 622. The van der Waals surface area contributed by atoms with Crippen molar-refractivity contribution in [2.45, 2.75) is 18.4 Å². The second-order valence-electron chi connectivity index (χ2n) is 5.38. The van der Waals surface area contributed by atoms with Crippen molar-refractivity contribution in [3.05, 3.63) is 59.7 Å². The number of hydrogen-bond acceptors (Lipinski definition) is 5. The molecule has 0 fully saturated rings. The predicted molar refractivity (Wildman–Crippen MR) is 85.1 cm³/mol. The molecule has 1 aliphatic carbocycles. The minimum Gasteiger partial charge on any atom is -0.371 e. The third-order valence-corrected chi connectivity index (χ3v) is 3.96. The van der Waals surface area contributed by atoms with Crippen LogP contribution in [0.1, 0.15) is 17.9 Å². The van der Waals surface area contributed by atoms with Gasteiger partial charge in [-0.2, -0.15) is 10.6 Å². The highest BCUT2D eigenvalue weighted by molar-refractivity contribution is 5.72. The van der Waals surface area contributed by atoms with Gasteiger partial charge in [-0.25, -0.2) is 0 Å². The fourth-order valence-electron chi connectivity index (χ4n) is 2.86. The van der Waals surface area contributed by atoms with Gasteiger partial charge in [-0.15, -0.1) is 0 Å². The number of hydrogen-bond donors (Lipinski definition) is 2. The molecule has 0 saturated carbocycles. The molecule has 0 saturated heterocycles. The van der Waals surface area contributed by atoms with E-state index in [1.165, 1.54) is 0 Å². The molecule has 3 rings (SSSR count). The molecule has 2 aliphatic rings. The number of nitrogens with one attached hydrogen (secondary N) is 2. The van der Waals surface area contributed by atoms with E-state index in [0.717, 1.165) is 11.1 Å². The summed E-state index contributed by atoms with van der Waals surface area (Å²) in [5, 5.41) is 4.11. The summed E-state index contributed by atoms with van der Waals surface area (Å²) < 4.78 is 0. The van der Waals surface area contributed by atoms with Gasteiger partial charge >= 0.3 is 5.97 Å². The van der Waals surface area contributed by atoms with Crippen LogP contribution in [0.4, 0.5) is 0 Å². The Morgan fingerprint density at radius 1 is 1.41 bits per heavy atom. The van der Waals surface area contributed by atoms with E-state index in [0.29, 0.717) is 12.3 Å². The number of carbonyl (C=O) groups is 1. The molecule has 0 bridgehead atoms. The summed E-state index contributed by atoms with van der Waals surface area (Å²) in [5.41, 5.74) is 7.74. The lowest BCUT2D eigenvalue weighted by Gasteiger charge is -2.24. The topological polar surface area (TPSA) is 62.7 Å². The first-order valence-corrected chi connectivity index (χ1v) is 7.38. The molecule has 2 N–H and O–H groups in total. The zero-order valence-corrected chi connectivity index (χ0v) is 12.4. The number of benzene rings is 1. The Balaban J connectivity index is 1.85. The number of carbonyl (C=O) groups excluding carboxylic acids is 1. The van der Waals surface area contributed by atoms with E-state index in [4.69, 9.17) is 4.84 Å². The van der Waals surface area contributed by atoms with Crippen molar-refractivity contribution < 1.29 is 9.63 Å². The molecule has 0 spiro atoms. The first-order chi connectivity index (χ1) is 10.8. The molecule has 0 aromatic heterocycles. The minimum atomic E-state index is -0.275. The van der Waals surface area contributed by atoms with Crippen LogP contribution in [0.2, 0.25) is 0 Å². The van der Waals surface area contributed by atoms with Crippen LogP contribution in [0.3, 0.4) is 0 Å². The summed E-state index contributed by atoms with van der Waals surface area (Å²) in [6, 6.07) is 10.2. The second-order valence-corrected chi connectivity index (χ2v) is 5.38. The molecule has 0 amide bonds. The molecule has 1 aromatic rings. The van der Waals surface area contributed by atoms with Crippen LogP contribution in [0, 0.1) is 5.92 Å². The average molecular weight is 297 g/mol. The highest BCUT2D eigenvalue weighted by Crippen LogP contribution is 2.33. The maximum Gasteiger partial charge on any atom is 0.325 e. The zero-order valence-electron chi connectivity index (χ0n) is 12.4. The van der Waals surface area contributed by atoms with E-state index >= 15 is 0 Å². The quantitative estimate of drug-likeness (QED) is 0.815. The number of nitrogens with zero attached hydrogens (tertiary/aromatic N) is 1. The van der Waals surface area contributed by atoms with Gasteiger partial charge in [0.25, 0.3) is 0 Å². The third kappa shape index (κ3) is 3.09. The van der Waals surface area contributed by atoms with Crippen molar-refractivity contribution in [1.82, 2.24) is 10.9 Å². The Labute approximate surface area is 129 Å². The van der Waals surface area contributed by atoms with Gasteiger partial charge in [0, 0.05) is 25.1 Å². The molecular formula is C17H19N3O2. The Morgan fingerprint density at radius 3 is 3.00 bits per heavy atom. The normalized spacial score (nSPS) is 23.4. The fraction of sp³-hybridized carbons (Fsp3) is 0.294. The summed E-state index contributed by atoms with van der Waals surface area (Å²) in [5.74, 6) is -0.00510. The minimum absolute atomic E-state index is 0.0263. The van der Waals surface area contributed by atoms with Gasteiger partial charge in [0.1, 0.15) is 0 Å². The van der Waals surface area contributed by atoms with Crippen LogP contribution in [0.25, 0.3) is 0 Å². The molecule has 114 valence electrons. The fourth-order valence-corrected chi connectivity index (χ4v) is 2.86. The van der Waals surface area contributed by atoms with Crippen molar-refractivity contribution in [1.29, 1.82) is 0 Å². The van der Waals surface area contributed by atoms with Crippen molar-refractivity contribution in [2.75, 3.05) is 7.05 Å². The largest absolute Gasteiger partial charge is 0.371 e. The summed E-state index contributed by atoms with van der Waals surface area (Å²) in [4.78, 5) is 16.8. The molecule has 2 unspecified atom stereocenters. The monoisotopic (exact) mass is 297 g/mol. The van der Waals surface area contributed by atoms with E-state index in [-0.39, 0.29) is 17.9 Å². The van der Waals surface area contributed by atoms with Gasteiger partial charge in [-0.05, 0) is 11.1 Å². The van der Waals surface area contributed by atoms with E-state index < -0.39 is 0 Å². The molecule has 22 heavy (non-hydrogen) atoms. The highest BCUT2D eigenvalue weighted by atomic mass is 16.7. The molecule has 1 aliphatic heterocycles. The first kappa shape index (κ1) is 14.5. The summed E-state index contributed by atoms with van der Waals surface area (Å²) in [7, 11) is 1.58. The molecule has 5 heteroatoms. The van der Waals surface area contributed by atoms with E-state index in [2.05, 4.69) is 34.2 Å². The lowest BCUT2D eigenvalue weighted by Crippen LogP contribution is -2.27. The van der Waals surface area contributed by atoms with Gasteiger partial charge in [-0.3, -0.25) is 4.79 Å². The standard InChI is InChI=1S/C17H19N3O2/c1-18-22-17(21)10-15(12-5-3-2-4-6-12)13-7-8-14-11-19-20-16(14)9-13/h2-9,11,14-16,18,20H,10H2,1H3/t14?,15-,16?/m0/s1. The average Bonchev–Trinajstić information content (AvgIpc) is 3.01. The molecule has 3 atom stereocenters. The second kappa shape index (κ2) is 6.58. The van der Waals surface area contributed by atoms with Gasteiger partial charge in [0.05, 0.1) is 12.5 Å². The van der Waals surface area contributed by atoms with Gasteiger partial charge < -0.3 is 10.3 Å². The summed E-state index contributed by atoms with van der Waals surface area (Å²) >= 11 is 0. The van der Waals surface area contributed by atoms with Crippen LogP contribution in [0.15, 0.2) is 59.2 Å². The number of rotatable bonds is 5. The maximum atomic E-state index is 11.9. The number of hydroxylamine groups is 1. The maximum absolute atomic E-state index is 11.9. The van der Waals surface area contributed by atoms with Crippen LogP contribution < -0.4 is 10.9 Å². The smallest absolute Gasteiger partial charge is 0.325 e. The Kier molecular flexibility index (Phi) is 4.34. The van der Waals surface area contributed by atoms with E-state index in [9.17, 15) is 4.79 Å². The number of hydrazone groups is 1. The van der Waals surface area contributed by atoms with Crippen LogP contribution in [0.5, 0.6) is 0 Å². The van der Waals surface area contributed by atoms with Gasteiger partial charge in [0.2, 0.25) is 0 Å². The van der Waals surface area contributed by atoms with Crippen molar-refractivity contribution in [3.8, 4) is 0 Å². The van der Waals surface area contributed by atoms with Crippen molar-refractivity contribution >= 4 is 12.2 Å². The Hall–Kier alpha value is -2.40. The van der Waals surface area contributed by atoms with Crippen molar-refractivity contribution in [2.24, 2.45) is 11.0 Å². The highest BCUT2D eigenvalue weighted by Gasteiger charge is 2.27. The first-order valence-electron chi connectivity index (χ1n) is 7.38. The zero-order chi connectivity index (χ0) is 15.4. The third-order valence-electron chi connectivity index (χ3n) is 3.96. The van der Waals surface area contributed by atoms with Crippen LogP contribution >= 0.6 is 0 Å². The number of fused-ring (bicyclic) bond motifs is 1. The molecule has 1 heterocycles. The lowest BCUT2D eigenvalue weighted by atomic mass is 9.82. The van der Waals surface area contributed by atoms with Crippen LogP contribution in [-0.2, 0) is 9.63 Å². The lowest BCUT2D eigenvalue weighted by molar-refractivity contribution is -0.150. The van der Waals surface area contributed by atoms with Crippen molar-refractivity contribution in [3.63, 3.8) is 0 Å². The SMILES string of the molecule is CNOC(=O)C[C@H](C1=CC2NN=CC2C=C1)c1ccccc1. The predicted octanol–water partition coefficient (Wildman–Crippen LogP) is 1.91. The number of allylic oxidation sites excluding steroid dienone is 2. The molecule has 1 aromatic carbocycles. The van der Waals surface area contributed by atoms with Gasteiger partial charge in [-0.1, -0.05) is 48.6 Å². The molecule has 0 radical (unpaired) electrons. The van der Waals surface area contributed by atoms with Gasteiger partial charge in [0.15, 0.2) is 0 Å². The van der Waals surface area contributed by atoms with Crippen LogP contribution in [-0.4, -0.2) is 25.3 Å².